The Balaban J connectivity index is 2.20. The van der Waals surface area contributed by atoms with Crippen LogP contribution in [0.4, 0.5) is 0 Å². The third-order valence-corrected chi connectivity index (χ3v) is 6.73. The molecule has 0 aliphatic heterocycles. The van der Waals surface area contributed by atoms with Gasteiger partial charge in [-0.1, -0.05) is 32.8 Å². The smallest absolute Gasteiger partial charge is 0.238 e. The molecule has 3 N–H and O–H groups in total. The fourth-order valence-corrected chi connectivity index (χ4v) is 4.60. The molecule has 1 aliphatic rings. The van der Waals surface area contributed by atoms with E-state index < -0.39 is 16.1 Å². The monoisotopic (exact) mass is 412 g/mol. The molecule has 3 atom stereocenters. The van der Waals surface area contributed by atoms with E-state index in [0.29, 0.717) is 5.75 Å². The number of phenols is 1. The minimum atomic E-state index is -3.48. The molecule has 1 saturated carbocycles. The van der Waals surface area contributed by atoms with Gasteiger partial charge in [0.15, 0.2) is 11.5 Å². The van der Waals surface area contributed by atoms with Gasteiger partial charge in [0.1, 0.15) is 6.04 Å². The van der Waals surface area contributed by atoms with Gasteiger partial charge in [-0.2, -0.15) is 0 Å². The van der Waals surface area contributed by atoms with E-state index in [9.17, 15) is 18.3 Å². The molecule has 8 heteroatoms. The number of amides is 1. The maximum Gasteiger partial charge on any atom is 0.238 e. The van der Waals surface area contributed by atoms with E-state index in [1.165, 1.54) is 7.11 Å². The van der Waals surface area contributed by atoms with Crippen molar-refractivity contribution in [1.29, 1.82) is 0 Å². The van der Waals surface area contributed by atoms with Crippen LogP contribution >= 0.6 is 0 Å². The van der Waals surface area contributed by atoms with Crippen LogP contribution in [0.3, 0.4) is 0 Å². The van der Waals surface area contributed by atoms with Crippen LogP contribution < -0.4 is 14.8 Å². The zero-order valence-corrected chi connectivity index (χ0v) is 17.9. The summed E-state index contributed by atoms with van der Waals surface area (Å²) in [4.78, 5) is 12.9. The van der Waals surface area contributed by atoms with Crippen LogP contribution in [0, 0.1) is 5.92 Å². The Morgan fingerprint density at radius 3 is 2.57 bits per heavy atom. The predicted molar refractivity (Wildman–Crippen MR) is 109 cm³/mol. The minimum Gasteiger partial charge on any atom is -0.504 e. The van der Waals surface area contributed by atoms with E-state index in [0.717, 1.165) is 31.2 Å². The van der Waals surface area contributed by atoms with Crippen molar-refractivity contribution >= 4 is 15.9 Å². The van der Waals surface area contributed by atoms with Crippen LogP contribution in [0.15, 0.2) is 18.2 Å². The van der Waals surface area contributed by atoms with Gasteiger partial charge in [-0.3, -0.25) is 4.79 Å². The van der Waals surface area contributed by atoms with Crippen molar-refractivity contribution in [1.82, 2.24) is 10.0 Å². The first-order valence-electron chi connectivity index (χ1n) is 9.85. The van der Waals surface area contributed by atoms with Crippen molar-refractivity contribution in [3.05, 3.63) is 23.8 Å². The number of rotatable bonds is 8. The molecule has 1 aliphatic carbocycles. The topological polar surface area (TPSA) is 105 Å². The highest BCUT2D eigenvalue weighted by atomic mass is 32.2. The number of sulfonamides is 1. The fourth-order valence-electron chi connectivity index (χ4n) is 3.67. The summed E-state index contributed by atoms with van der Waals surface area (Å²) in [6.45, 7) is 5.20. The number of hydrogen-bond donors (Lipinski definition) is 3. The predicted octanol–water partition coefficient (Wildman–Crippen LogP) is 2.51. The number of carbonyl (C=O) groups excluding carboxylic acids is 1. The van der Waals surface area contributed by atoms with Crippen molar-refractivity contribution < 1.29 is 23.1 Å². The maximum atomic E-state index is 12.9. The summed E-state index contributed by atoms with van der Waals surface area (Å²) in [5, 5.41) is 12.9. The second-order valence-electron chi connectivity index (χ2n) is 7.68. The van der Waals surface area contributed by atoms with Gasteiger partial charge in [-0.15, -0.1) is 0 Å². The molecule has 1 amide bonds. The Bertz CT molecular complexity index is 779. The van der Waals surface area contributed by atoms with Crippen LogP contribution in [0.2, 0.25) is 0 Å². The van der Waals surface area contributed by atoms with E-state index in [4.69, 9.17) is 4.74 Å². The van der Waals surface area contributed by atoms with E-state index in [1.807, 2.05) is 26.0 Å². The van der Waals surface area contributed by atoms with Gasteiger partial charge in [0.25, 0.3) is 0 Å². The summed E-state index contributed by atoms with van der Waals surface area (Å²) in [6, 6.07) is 4.37. The molecule has 0 spiro atoms. The standard InChI is InChI=1S/C20H32N2O5S/c1-5-28(25,26)22-19(13(2)3)20(24)21-16-9-7-6-8-15(16)14-10-11-17(23)18(12-14)27-4/h10-13,15-16,19,22-23H,5-9H2,1-4H3,(H,21,24)/t15-,16+,19+/m1/s1. The molecule has 0 heterocycles. The van der Waals surface area contributed by atoms with Crippen molar-refractivity contribution in [3.8, 4) is 11.5 Å². The molecular formula is C20H32N2O5S. The average Bonchev–Trinajstić information content (AvgIpc) is 2.67. The molecule has 7 nitrogen and oxygen atoms in total. The molecule has 0 radical (unpaired) electrons. The van der Waals surface area contributed by atoms with Crippen molar-refractivity contribution in [2.75, 3.05) is 12.9 Å². The number of benzene rings is 1. The van der Waals surface area contributed by atoms with Crippen LogP contribution in [0.25, 0.3) is 0 Å². The lowest BCUT2D eigenvalue weighted by Crippen LogP contribution is -2.53. The third-order valence-electron chi connectivity index (χ3n) is 5.36. The Morgan fingerprint density at radius 2 is 1.96 bits per heavy atom. The minimum absolute atomic E-state index is 0.0666. The lowest BCUT2D eigenvalue weighted by molar-refractivity contribution is -0.124. The van der Waals surface area contributed by atoms with Crippen LogP contribution in [-0.4, -0.2) is 44.4 Å². The summed E-state index contributed by atoms with van der Waals surface area (Å²) < 4.78 is 31.7. The molecule has 0 aromatic heterocycles. The third kappa shape index (κ3) is 5.61. The number of nitrogens with one attached hydrogen (secondary N) is 2. The quantitative estimate of drug-likeness (QED) is 0.608. The summed E-state index contributed by atoms with van der Waals surface area (Å²) in [5.74, 6) is 0.0399. The normalized spacial score (nSPS) is 21.3. The molecule has 0 saturated heterocycles. The van der Waals surface area contributed by atoms with Gasteiger partial charge < -0.3 is 15.2 Å². The average molecular weight is 413 g/mol. The number of ether oxygens (including phenoxy) is 1. The van der Waals surface area contributed by atoms with Crippen LogP contribution in [0.5, 0.6) is 11.5 Å². The Morgan fingerprint density at radius 1 is 1.29 bits per heavy atom. The van der Waals surface area contributed by atoms with Crippen molar-refractivity contribution in [3.63, 3.8) is 0 Å². The van der Waals surface area contributed by atoms with E-state index in [2.05, 4.69) is 10.0 Å². The number of methoxy groups -OCH3 is 1. The highest BCUT2D eigenvalue weighted by Gasteiger charge is 2.32. The van der Waals surface area contributed by atoms with Gasteiger partial charge >= 0.3 is 0 Å². The molecular weight excluding hydrogens is 380 g/mol. The Hall–Kier alpha value is -1.80. The van der Waals surface area contributed by atoms with E-state index >= 15 is 0 Å². The number of hydrogen-bond acceptors (Lipinski definition) is 5. The molecule has 2 rings (SSSR count). The summed E-state index contributed by atoms with van der Waals surface area (Å²) in [7, 11) is -1.98. The number of phenolic OH excluding ortho intramolecular Hbond substituents is 1. The van der Waals surface area contributed by atoms with E-state index in [-0.39, 0.29) is 35.3 Å². The first-order chi connectivity index (χ1) is 13.2. The van der Waals surface area contributed by atoms with Crippen LogP contribution in [0.1, 0.15) is 57.9 Å². The zero-order valence-electron chi connectivity index (χ0n) is 17.1. The van der Waals surface area contributed by atoms with Crippen molar-refractivity contribution in [2.45, 2.75) is 64.5 Å². The van der Waals surface area contributed by atoms with Gasteiger partial charge in [0.2, 0.25) is 15.9 Å². The summed E-state index contributed by atoms with van der Waals surface area (Å²) >= 11 is 0. The second-order valence-corrected chi connectivity index (χ2v) is 9.72. The zero-order chi connectivity index (χ0) is 20.9. The lowest BCUT2D eigenvalue weighted by Gasteiger charge is -2.34. The van der Waals surface area contributed by atoms with E-state index in [1.54, 1.807) is 13.0 Å². The molecule has 1 aromatic carbocycles. The summed E-state index contributed by atoms with van der Waals surface area (Å²) in [6.07, 6.45) is 3.79. The highest BCUT2D eigenvalue weighted by Crippen LogP contribution is 2.37. The number of carbonyl (C=O) groups is 1. The first-order valence-corrected chi connectivity index (χ1v) is 11.5. The molecule has 158 valence electrons. The molecule has 1 aromatic rings. The van der Waals surface area contributed by atoms with Gasteiger partial charge in [-0.05, 0) is 43.4 Å². The highest BCUT2D eigenvalue weighted by molar-refractivity contribution is 7.89. The maximum absolute atomic E-state index is 12.9. The summed E-state index contributed by atoms with van der Waals surface area (Å²) in [5.41, 5.74) is 0.995. The second kappa shape index (κ2) is 9.60. The molecule has 0 unspecified atom stereocenters. The Kier molecular flexibility index (Phi) is 7.71. The largest absolute Gasteiger partial charge is 0.504 e. The molecule has 28 heavy (non-hydrogen) atoms. The molecule has 0 bridgehead atoms. The van der Waals surface area contributed by atoms with Gasteiger partial charge in [0.05, 0.1) is 12.9 Å². The SMILES string of the molecule is CCS(=O)(=O)N[C@H](C(=O)N[C@H]1CCCC[C@@H]1c1ccc(O)c(OC)c1)C(C)C. The van der Waals surface area contributed by atoms with Crippen molar-refractivity contribution in [2.24, 2.45) is 5.92 Å². The van der Waals surface area contributed by atoms with Crippen LogP contribution in [-0.2, 0) is 14.8 Å². The van der Waals surface area contributed by atoms with Gasteiger partial charge in [0, 0.05) is 12.0 Å². The Labute approximate surface area is 167 Å². The molecule has 1 fully saturated rings. The first kappa shape index (κ1) is 22.5. The van der Waals surface area contributed by atoms with Gasteiger partial charge in [-0.25, -0.2) is 13.1 Å². The fraction of sp³-hybridized carbons (Fsp3) is 0.650. The lowest BCUT2D eigenvalue weighted by atomic mass is 9.79. The number of aromatic hydroxyl groups is 1.